The van der Waals surface area contributed by atoms with E-state index in [0.717, 1.165) is 40.2 Å². The summed E-state index contributed by atoms with van der Waals surface area (Å²) in [5, 5.41) is 4.51. The predicted octanol–water partition coefficient (Wildman–Crippen LogP) is 3.37. The molecule has 3 rings (SSSR count). The highest BCUT2D eigenvalue weighted by Gasteiger charge is 2.17. The summed E-state index contributed by atoms with van der Waals surface area (Å²) in [4.78, 5) is 4.69. The molecule has 0 saturated heterocycles. The third-order valence-corrected chi connectivity index (χ3v) is 3.77. The molecule has 0 atom stereocenters. The van der Waals surface area contributed by atoms with Gasteiger partial charge in [-0.05, 0) is 25.0 Å². The normalized spacial score (nSPS) is 11.4. The number of hydrogen-bond acceptors (Lipinski definition) is 2. The van der Waals surface area contributed by atoms with Gasteiger partial charge in [0.1, 0.15) is 5.82 Å². The number of fused-ring (bicyclic) bond motifs is 1. The SMILES string of the molecule is CCc1nn(C)cc1-n1c(CCl)nc2c(C)cccc21. The van der Waals surface area contributed by atoms with Crippen molar-refractivity contribution in [3.05, 3.63) is 41.5 Å². The Bertz CT molecular complexity index is 770. The van der Waals surface area contributed by atoms with Crippen LogP contribution in [0.25, 0.3) is 16.7 Å². The predicted molar refractivity (Wildman–Crippen MR) is 81.5 cm³/mol. The van der Waals surface area contributed by atoms with Crippen LogP contribution < -0.4 is 0 Å². The maximum absolute atomic E-state index is 6.10. The van der Waals surface area contributed by atoms with Crippen molar-refractivity contribution in [1.82, 2.24) is 19.3 Å². The number of hydrogen-bond donors (Lipinski definition) is 0. The van der Waals surface area contributed by atoms with Gasteiger partial charge in [0, 0.05) is 13.2 Å². The van der Waals surface area contributed by atoms with Crippen LogP contribution in [0.1, 0.15) is 24.0 Å². The molecular formula is C15H17ClN4. The number of aromatic nitrogens is 4. The number of aryl methyl sites for hydroxylation is 3. The summed E-state index contributed by atoms with van der Waals surface area (Å²) in [5.74, 6) is 1.24. The van der Waals surface area contributed by atoms with E-state index in [0.29, 0.717) is 5.88 Å². The van der Waals surface area contributed by atoms with Crippen LogP contribution in [0, 0.1) is 6.92 Å². The number of para-hydroxylation sites is 1. The van der Waals surface area contributed by atoms with Crippen molar-refractivity contribution in [2.45, 2.75) is 26.1 Å². The molecule has 1 aromatic carbocycles. The first-order chi connectivity index (χ1) is 9.65. The van der Waals surface area contributed by atoms with Gasteiger partial charge in [0.25, 0.3) is 0 Å². The topological polar surface area (TPSA) is 35.6 Å². The first kappa shape index (κ1) is 13.2. The summed E-state index contributed by atoms with van der Waals surface area (Å²) < 4.78 is 3.97. The van der Waals surface area contributed by atoms with Crippen LogP contribution in [-0.2, 0) is 19.3 Å². The Hall–Kier alpha value is -1.81. The highest BCUT2D eigenvalue weighted by atomic mass is 35.5. The highest BCUT2D eigenvalue weighted by Crippen LogP contribution is 2.26. The summed E-state index contributed by atoms with van der Waals surface area (Å²) in [7, 11) is 1.94. The van der Waals surface area contributed by atoms with Gasteiger partial charge in [0.2, 0.25) is 0 Å². The average molecular weight is 289 g/mol. The monoisotopic (exact) mass is 288 g/mol. The van der Waals surface area contributed by atoms with Gasteiger partial charge < -0.3 is 0 Å². The van der Waals surface area contributed by atoms with Crippen LogP contribution in [0.3, 0.4) is 0 Å². The Morgan fingerprint density at radius 2 is 2.10 bits per heavy atom. The van der Waals surface area contributed by atoms with Crippen LogP contribution in [-0.4, -0.2) is 19.3 Å². The van der Waals surface area contributed by atoms with Crippen molar-refractivity contribution in [1.29, 1.82) is 0 Å². The van der Waals surface area contributed by atoms with Gasteiger partial charge in [-0.1, -0.05) is 19.1 Å². The smallest absolute Gasteiger partial charge is 0.129 e. The first-order valence-electron chi connectivity index (χ1n) is 6.71. The Balaban J connectivity index is 2.37. The van der Waals surface area contributed by atoms with Crippen LogP contribution in [0.15, 0.2) is 24.4 Å². The molecule has 0 bridgehead atoms. The maximum atomic E-state index is 6.10. The lowest BCUT2D eigenvalue weighted by atomic mass is 10.2. The number of halogens is 1. The standard InChI is InChI=1S/C15H17ClN4/c1-4-11-13(9-19(3)18-11)20-12-7-5-6-10(2)15(12)17-14(20)8-16/h5-7,9H,4,8H2,1-3H3. The Kier molecular flexibility index (Phi) is 3.26. The lowest BCUT2D eigenvalue weighted by Gasteiger charge is -2.06. The van der Waals surface area contributed by atoms with Gasteiger partial charge in [0.05, 0.1) is 28.3 Å². The van der Waals surface area contributed by atoms with Gasteiger partial charge in [0.15, 0.2) is 0 Å². The molecule has 3 aromatic rings. The Labute approximate surface area is 123 Å². The minimum absolute atomic E-state index is 0.381. The minimum atomic E-state index is 0.381. The lowest BCUT2D eigenvalue weighted by molar-refractivity contribution is 0.746. The lowest BCUT2D eigenvalue weighted by Crippen LogP contribution is -2.01. The van der Waals surface area contributed by atoms with Crippen molar-refractivity contribution in [3.63, 3.8) is 0 Å². The van der Waals surface area contributed by atoms with E-state index in [1.54, 1.807) is 0 Å². The molecule has 2 aromatic heterocycles. The largest absolute Gasteiger partial charge is 0.292 e. The number of benzene rings is 1. The number of imidazole rings is 1. The second-order valence-electron chi connectivity index (χ2n) is 4.93. The quantitative estimate of drug-likeness (QED) is 0.693. The summed E-state index contributed by atoms with van der Waals surface area (Å²) in [6, 6.07) is 6.20. The fourth-order valence-electron chi connectivity index (χ4n) is 2.61. The zero-order valence-electron chi connectivity index (χ0n) is 11.9. The van der Waals surface area contributed by atoms with Gasteiger partial charge in [-0.2, -0.15) is 5.10 Å². The van der Waals surface area contributed by atoms with Crippen LogP contribution in [0.5, 0.6) is 0 Å². The molecule has 0 aliphatic heterocycles. The van der Waals surface area contributed by atoms with E-state index in [2.05, 4.69) is 46.7 Å². The Morgan fingerprint density at radius 3 is 2.80 bits per heavy atom. The molecule has 5 heteroatoms. The molecule has 2 heterocycles. The van der Waals surface area contributed by atoms with E-state index in [4.69, 9.17) is 11.6 Å². The molecule has 20 heavy (non-hydrogen) atoms. The second-order valence-corrected chi connectivity index (χ2v) is 5.20. The fourth-order valence-corrected chi connectivity index (χ4v) is 2.79. The molecule has 0 aliphatic carbocycles. The zero-order chi connectivity index (χ0) is 14.3. The molecule has 0 amide bonds. The summed E-state index contributed by atoms with van der Waals surface area (Å²) in [6.07, 6.45) is 2.90. The highest BCUT2D eigenvalue weighted by molar-refractivity contribution is 6.17. The van der Waals surface area contributed by atoms with Crippen molar-refractivity contribution in [2.24, 2.45) is 7.05 Å². The van der Waals surface area contributed by atoms with E-state index in [1.807, 2.05) is 17.9 Å². The molecule has 0 fully saturated rings. The number of alkyl halides is 1. The van der Waals surface area contributed by atoms with Gasteiger partial charge in [-0.3, -0.25) is 9.25 Å². The van der Waals surface area contributed by atoms with E-state index >= 15 is 0 Å². The third-order valence-electron chi connectivity index (χ3n) is 3.53. The molecule has 0 saturated carbocycles. The van der Waals surface area contributed by atoms with Crippen molar-refractivity contribution in [2.75, 3.05) is 0 Å². The van der Waals surface area contributed by atoms with Crippen LogP contribution in [0.4, 0.5) is 0 Å². The van der Waals surface area contributed by atoms with Crippen LogP contribution >= 0.6 is 11.6 Å². The molecule has 4 nitrogen and oxygen atoms in total. The summed E-state index contributed by atoms with van der Waals surface area (Å²) >= 11 is 6.10. The molecule has 0 radical (unpaired) electrons. The maximum Gasteiger partial charge on any atom is 0.129 e. The molecule has 0 aliphatic rings. The van der Waals surface area contributed by atoms with Gasteiger partial charge in [-0.15, -0.1) is 11.6 Å². The number of nitrogens with zero attached hydrogens (tertiary/aromatic N) is 4. The van der Waals surface area contributed by atoms with Crippen LogP contribution in [0.2, 0.25) is 0 Å². The molecular weight excluding hydrogens is 272 g/mol. The van der Waals surface area contributed by atoms with E-state index in [1.165, 1.54) is 0 Å². The van der Waals surface area contributed by atoms with Gasteiger partial charge >= 0.3 is 0 Å². The van der Waals surface area contributed by atoms with E-state index < -0.39 is 0 Å². The third kappa shape index (κ3) is 1.91. The number of rotatable bonds is 3. The van der Waals surface area contributed by atoms with Gasteiger partial charge in [-0.25, -0.2) is 4.98 Å². The summed E-state index contributed by atoms with van der Waals surface area (Å²) in [5.41, 5.74) is 5.38. The van der Waals surface area contributed by atoms with E-state index in [-0.39, 0.29) is 0 Å². The molecule has 0 spiro atoms. The zero-order valence-corrected chi connectivity index (χ0v) is 12.6. The van der Waals surface area contributed by atoms with E-state index in [9.17, 15) is 0 Å². The van der Waals surface area contributed by atoms with Crippen molar-refractivity contribution in [3.8, 4) is 5.69 Å². The average Bonchev–Trinajstić information content (AvgIpc) is 2.99. The minimum Gasteiger partial charge on any atom is -0.292 e. The molecule has 0 N–H and O–H groups in total. The summed E-state index contributed by atoms with van der Waals surface area (Å²) in [6.45, 7) is 4.18. The fraction of sp³-hybridized carbons (Fsp3) is 0.333. The first-order valence-corrected chi connectivity index (χ1v) is 7.25. The Morgan fingerprint density at radius 1 is 1.30 bits per heavy atom. The van der Waals surface area contributed by atoms with Crippen molar-refractivity contribution >= 4 is 22.6 Å². The molecule has 104 valence electrons. The molecule has 0 unspecified atom stereocenters. The second kappa shape index (κ2) is 4.94. The van der Waals surface area contributed by atoms with Crippen molar-refractivity contribution < 1.29 is 0 Å².